The summed E-state index contributed by atoms with van der Waals surface area (Å²) in [7, 11) is 1.99. The summed E-state index contributed by atoms with van der Waals surface area (Å²) in [5.41, 5.74) is 0.564. The summed E-state index contributed by atoms with van der Waals surface area (Å²) in [5.74, 6) is -1.34. The van der Waals surface area contributed by atoms with Crippen molar-refractivity contribution in [2.45, 2.75) is 63.9 Å². The number of amides is 1. The number of ether oxygens (including phenoxy) is 3. The van der Waals surface area contributed by atoms with E-state index < -0.39 is 41.9 Å². The largest absolute Gasteiger partial charge is 0.457 e. The minimum atomic E-state index is -1.49. The first-order chi connectivity index (χ1) is 20.4. The Kier molecular flexibility index (Phi) is 11.2. The van der Waals surface area contributed by atoms with E-state index >= 15 is 0 Å². The lowest BCUT2D eigenvalue weighted by Crippen LogP contribution is -2.50. The number of rotatable bonds is 4. The molecule has 2 fully saturated rings. The van der Waals surface area contributed by atoms with Crippen molar-refractivity contribution in [3.8, 4) is 0 Å². The summed E-state index contributed by atoms with van der Waals surface area (Å²) in [6.45, 7) is 10.2. The van der Waals surface area contributed by atoms with E-state index in [1.807, 2.05) is 27.0 Å². The van der Waals surface area contributed by atoms with Crippen LogP contribution in [0.2, 0.25) is 0 Å². The molecule has 0 unspecified atom stereocenters. The van der Waals surface area contributed by atoms with Crippen LogP contribution in [-0.4, -0.2) is 116 Å². The van der Waals surface area contributed by atoms with Crippen molar-refractivity contribution in [2.24, 2.45) is 5.92 Å². The standard InChI is InChI=1S/C32H46FN3O7/c1-22-5-6-28(42-31(39)36-11-9-34(4)10-12-36)32(3,40)8-7-27(37)21-29(38)43-30(22)23(2)17-24-18-25(33)20-26(19-24)35-13-15-41-16-14-35/h5-6,17-20,22,27-28,30,37,40H,7-16,21H2,1-4H3/b6-5-,23-17+/t22-,27+,28+,30-,32+/m0/s1. The lowest BCUT2D eigenvalue weighted by molar-refractivity contribution is -0.151. The van der Waals surface area contributed by atoms with Crippen molar-refractivity contribution in [3.05, 3.63) is 47.3 Å². The van der Waals surface area contributed by atoms with Crippen molar-refractivity contribution in [1.82, 2.24) is 9.80 Å². The smallest absolute Gasteiger partial charge is 0.410 e. The first-order valence-corrected chi connectivity index (χ1v) is 15.1. The summed E-state index contributed by atoms with van der Waals surface area (Å²) in [4.78, 5) is 31.7. The van der Waals surface area contributed by atoms with Gasteiger partial charge in [0.2, 0.25) is 0 Å². The number of carbonyl (C=O) groups excluding carboxylic acids is 2. The van der Waals surface area contributed by atoms with E-state index in [4.69, 9.17) is 14.2 Å². The molecule has 3 heterocycles. The predicted molar refractivity (Wildman–Crippen MR) is 161 cm³/mol. The molecule has 2 N–H and O–H groups in total. The predicted octanol–water partition coefficient (Wildman–Crippen LogP) is 3.22. The fraction of sp³-hybridized carbons (Fsp3) is 0.625. The minimum Gasteiger partial charge on any atom is -0.457 e. The molecule has 11 heteroatoms. The van der Waals surface area contributed by atoms with Gasteiger partial charge in [-0.05, 0) is 69.1 Å². The second-order valence-corrected chi connectivity index (χ2v) is 12.2. The second-order valence-electron chi connectivity index (χ2n) is 12.2. The van der Waals surface area contributed by atoms with Crippen molar-refractivity contribution in [3.63, 3.8) is 0 Å². The van der Waals surface area contributed by atoms with Crippen LogP contribution in [0.15, 0.2) is 35.9 Å². The lowest BCUT2D eigenvalue weighted by Gasteiger charge is -2.36. The number of morpholine rings is 1. The molecule has 5 atom stereocenters. The van der Waals surface area contributed by atoms with Gasteiger partial charge in [0.15, 0.2) is 6.10 Å². The minimum absolute atomic E-state index is 0.105. The Balaban J connectivity index is 1.59. The van der Waals surface area contributed by atoms with E-state index in [0.29, 0.717) is 50.5 Å². The van der Waals surface area contributed by atoms with Crippen LogP contribution in [-0.2, 0) is 19.0 Å². The number of aliphatic hydroxyl groups is 2. The molecule has 3 aliphatic heterocycles. The quantitative estimate of drug-likeness (QED) is 0.396. The maximum absolute atomic E-state index is 14.6. The molecular weight excluding hydrogens is 557 g/mol. The number of hydrogen-bond acceptors (Lipinski definition) is 9. The van der Waals surface area contributed by atoms with Gasteiger partial charge in [-0.1, -0.05) is 19.1 Å². The Morgan fingerprint density at radius 3 is 2.51 bits per heavy atom. The van der Waals surface area contributed by atoms with E-state index in [9.17, 15) is 24.2 Å². The van der Waals surface area contributed by atoms with Crippen LogP contribution in [0.1, 0.15) is 45.6 Å². The molecule has 4 rings (SSSR count). The zero-order chi connectivity index (χ0) is 31.1. The van der Waals surface area contributed by atoms with Gasteiger partial charge in [0.05, 0.1) is 25.7 Å². The van der Waals surface area contributed by atoms with Gasteiger partial charge >= 0.3 is 12.1 Å². The van der Waals surface area contributed by atoms with Crippen LogP contribution in [0.4, 0.5) is 14.9 Å². The number of likely N-dealkylation sites (N-methyl/N-ethyl adjacent to an activating group) is 1. The lowest BCUT2D eigenvalue weighted by atomic mass is 9.88. The SMILES string of the molecule is C/C(=C\c1cc(F)cc(N2CCOCC2)c1)[C@H]1OC(=O)C[C@H](O)CC[C@@](C)(O)[C@H](OC(=O)N2CCN(C)CC2)/C=C\[C@@H]1C. The summed E-state index contributed by atoms with van der Waals surface area (Å²) in [6.07, 6.45) is 1.88. The summed E-state index contributed by atoms with van der Waals surface area (Å²) in [5, 5.41) is 21.9. The van der Waals surface area contributed by atoms with E-state index in [0.717, 1.165) is 18.8 Å². The van der Waals surface area contributed by atoms with Gasteiger partial charge in [-0.25, -0.2) is 9.18 Å². The number of hydrogen-bond donors (Lipinski definition) is 2. The first-order valence-electron chi connectivity index (χ1n) is 15.1. The van der Waals surface area contributed by atoms with Crippen molar-refractivity contribution < 1.29 is 38.4 Å². The molecule has 0 spiro atoms. The molecule has 3 aliphatic rings. The summed E-state index contributed by atoms with van der Waals surface area (Å²) in [6, 6.07) is 4.82. The van der Waals surface area contributed by atoms with Crippen LogP contribution < -0.4 is 4.90 Å². The zero-order valence-electron chi connectivity index (χ0n) is 25.7. The normalized spacial score (nSPS) is 31.0. The Hall–Kier alpha value is -2.99. The molecule has 1 aromatic rings. The average Bonchev–Trinajstić information content (AvgIpc) is 2.96. The highest BCUT2D eigenvalue weighted by molar-refractivity contribution is 5.71. The maximum Gasteiger partial charge on any atom is 0.410 e. The number of nitrogens with zero attached hydrogens (tertiary/aromatic N) is 3. The van der Waals surface area contributed by atoms with Gasteiger partial charge in [-0.3, -0.25) is 4.79 Å². The first kappa shape index (κ1) is 32.9. The highest BCUT2D eigenvalue weighted by atomic mass is 19.1. The third-order valence-corrected chi connectivity index (χ3v) is 8.44. The highest BCUT2D eigenvalue weighted by Gasteiger charge is 2.36. The third-order valence-electron chi connectivity index (χ3n) is 8.44. The number of anilines is 1. The van der Waals surface area contributed by atoms with Crippen molar-refractivity contribution >= 4 is 23.8 Å². The maximum atomic E-state index is 14.6. The number of benzene rings is 1. The second kappa shape index (κ2) is 14.7. The molecule has 2 saturated heterocycles. The molecule has 1 aromatic carbocycles. The molecule has 0 bridgehead atoms. The Labute approximate surface area is 253 Å². The Morgan fingerprint density at radius 2 is 1.81 bits per heavy atom. The molecule has 238 valence electrons. The number of aliphatic hydroxyl groups excluding tert-OH is 1. The molecule has 0 saturated carbocycles. The number of esters is 1. The summed E-state index contributed by atoms with van der Waals surface area (Å²) < 4.78 is 31.8. The Morgan fingerprint density at radius 1 is 1.12 bits per heavy atom. The van der Waals surface area contributed by atoms with Crippen LogP contribution in [0.3, 0.4) is 0 Å². The van der Waals surface area contributed by atoms with Gasteiger partial charge in [-0.15, -0.1) is 0 Å². The molecule has 0 radical (unpaired) electrons. The van der Waals surface area contributed by atoms with E-state index in [2.05, 4.69) is 9.80 Å². The third kappa shape index (κ3) is 9.25. The van der Waals surface area contributed by atoms with Crippen LogP contribution >= 0.6 is 0 Å². The zero-order valence-corrected chi connectivity index (χ0v) is 25.7. The van der Waals surface area contributed by atoms with Gasteiger partial charge in [-0.2, -0.15) is 0 Å². The van der Waals surface area contributed by atoms with Crippen molar-refractivity contribution in [2.75, 3.05) is 64.4 Å². The monoisotopic (exact) mass is 603 g/mol. The Bertz CT molecular complexity index is 1180. The van der Waals surface area contributed by atoms with E-state index in [1.165, 1.54) is 12.1 Å². The summed E-state index contributed by atoms with van der Waals surface area (Å²) >= 11 is 0. The number of carbonyl (C=O) groups is 2. The molecule has 0 aliphatic carbocycles. The van der Waals surface area contributed by atoms with Gasteiger partial charge in [0, 0.05) is 50.9 Å². The van der Waals surface area contributed by atoms with Crippen LogP contribution in [0, 0.1) is 11.7 Å². The van der Waals surface area contributed by atoms with Crippen LogP contribution in [0.5, 0.6) is 0 Å². The van der Waals surface area contributed by atoms with Gasteiger partial charge in [0.25, 0.3) is 0 Å². The van der Waals surface area contributed by atoms with Gasteiger partial charge in [0.1, 0.15) is 17.5 Å². The molecule has 10 nitrogen and oxygen atoms in total. The highest BCUT2D eigenvalue weighted by Crippen LogP contribution is 2.29. The number of halogens is 1. The van der Waals surface area contributed by atoms with Gasteiger partial charge < -0.3 is 39.1 Å². The molecule has 1 amide bonds. The molecule has 43 heavy (non-hydrogen) atoms. The molecular formula is C32H46FN3O7. The van der Waals surface area contributed by atoms with E-state index in [1.54, 1.807) is 30.1 Å². The fourth-order valence-corrected chi connectivity index (χ4v) is 5.65. The van der Waals surface area contributed by atoms with E-state index in [-0.39, 0.29) is 25.1 Å². The average molecular weight is 604 g/mol. The number of cyclic esters (lactones) is 1. The topological polar surface area (TPSA) is 112 Å². The molecule has 0 aromatic heterocycles. The fourth-order valence-electron chi connectivity index (χ4n) is 5.65. The number of piperazine rings is 1. The van der Waals surface area contributed by atoms with Crippen LogP contribution in [0.25, 0.3) is 6.08 Å². The van der Waals surface area contributed by atoms with Crippen molar-refractivity contribution in [1.29, 1.82) is 0 Å².